The highest BCUT2D eigenvalue weighted by Crippen LogP contribution is 2.30. The molecule has 3 aromatic rings. The van der Waals surface area contributed by atoms with E-state index in [9.17, 15) is 18.4 Å². The third kappa shape index (κ3) is 5.85. The van der Waals surface area contributed by atoms with Crippen molar-refractivity contribution in [2.24, 2.45) is 5.73 Å². The topological polar surface area (TPSA) is 78.7 Å². The minimum absolute atomic E-state index is 0.113. The van der Waals surface area contributed by atoms with Gasteiger partial charge in [-0.25, -0.2) is 8.78 Å². The number of primary amides is 1. The molecule has 2 aromatic carbocycles. The molecule has 178 valence electrons. The predicted octanol–water partition coefficient (Wildman–Crippen LogP) is 3.86. The van der Waals surface area contributed by atoms with Crippen LogP contribution in [0.3, 0.4) is 0 Å². The fraction of sp³-hybridized carbons (Fsp3) is 0.280. The average Bonchev–Trinajstić information content (AvgIpc) is 3.29. The number of carbonyl (C=O) groups excluding carboxylic acids is 2. The fourth-order valence-electron chi connectivity index (χ4n) is 4.20. The molecule has 3 N–H and O–H groups in total. The SMILES string of the molecule is NC(=O)c1ccsc1NC(=O)CCN1CCN(C(c2ccc(F)cc2)c2ccc(F)cc2)CC1. The van der Waals surface area contributed by atoms with Gasteiger partial charge in [0.15, 0.2) is 0 Å². The van der Waals surface area contributed by atoms with Gasteiger partial charge in [-0.2, -0.15) is 0 Å². The van der Waals surface area contributed by atoms with Crippen LogP contribution in [-0.2, 0) is 4.79 Å². The van der Waals surface area contributed by atoms with Crippen LogP contribution >= 0.6 is 11.3 Å². The Morgan fingerprint density at radius 1 is 0.912 bits per heavy atom. The highest BCUT2D eigenvalue weighted by atomic mass is 32.1. The van der Waals surface area contributed by atoms with Gasteiger partial charge in [0.05, 0.1) is 11.6 Å². The molecule has 0 unspecified atom stereocenters. The van der Waals surface area contributed by atoms with Crippen LogP contribution in [0.1, 0.15) is 33.9 Å². The number of nitrogens with zero attached hydrogens (tertiary/aromatic N) is 2. The van der Waals surface area contributed by atoms with Gasteiger partial charge in [-0.1, -0.05) is 24.3 Å². The first-order chi connectivity index (χ1) is 16.4. The highest BCUT2D eigenvalue weighted by Gasteiger charge is 2.27. The molecule has 0 bridgehead atoms. The first kappa shape index (κ1) is 24.0. The molecule has 1 aliphatic heterocycles. The van der Waals surface area contributed by atoms with Crippen molar-refractivity contribution in [3.63, 3.8) is 0 Å². The number of nitrogens with two attached hydrogens (primary N) is 1. The number of hydrogen-bond donors (Lipinski definition) is 2. The Bertz CT molecular complexity index is 1080. The van der Waals surface area contributed by atoms with Gasteiger partial charge in [0.25, 0.3) is 5.91 Å². The lowest BCUT2D eigenvalue weighted by atomic mass is 9.96. The van der Waals surface area contributed by atoms with E-state index >= 15 is 0 Å². The van der Waals surface area contributed by atoms with E-state index in [1.165, 1.54) is 35.6 Å². The molecule has 4 rings (SSSR count). The zero-order chi connectivity index (χ0) is 24.1. The second kappa shape index (κ2) is 10.9. The molecule has 1 aliphatic rings. The van der Waals surface area contributed by atoms with E-state index in [0.29, 0.717) is 23.5 Å². The summed E-state index contributed by atoms with van der Waals surface area (Å²) in [5, 5.41) is 4.96. The third-order valence-corrected chi connectivity index (χ3v) is 6.81. The monoisotopic (exact) mass is 484 g/mol. The Kier molecular flexibility index (Phi) is 7.66. The van der Waals surface area contributed by atoms with E-state index in [4.69, 9.17) is 5.73 Å². The minimum atomic E-state index is -0.565. The molecule has 6 nitrogen and oxygen atoms in total. The largest absolute Gasteiger partial charge is 0.366 e. The van der Waals surface area contributed by atoms with Crippen LogP contribution in [0.2, 0.25) is 0 Å². The number of anilines is 1. The average molecular weight is 485 g/mol. The lowest BCUT2D eigenvalue weighted by Gasteiger charge is -2.39. The normalized spacial score (nSPS) is 14.9. The molecule has 2 heterocycles. The summed E-state index contributed by atoms with van der Waals surface area (Å²) in [6.07, 6.45) is 0.301. The van der Waals surface area contributed by atoms with E-state index < -0.39 is 5.91 Å². The number of rotatable bonds is 8. The van der Waals surface area contributed by atoms with Crippen LogP contribution in [0.25, 0.3) is 0 Å². The van der Waals surface area contributed by atoms with Crippen LogP contribution in [0.5, 0.6) is 0 Å². The van der Waals surface area contributed by atoms with Gasteiger partial charge in [-0.3, -0.25) is 14.5 Å². The number of halogens is 2. The van der Waals surface area contributed by atoms with Gasteiger partial charge in [0, 0.05) is 39.1 Å². The molecule has 0 aliphatic carbocycles. The Morgan fingerprint density at radius 2 is 1.47 bits per heavy atom. The maximum atomic E-state index is 13.5. The van der Waals surface area contributed by atoms with E-state index in [1.54, 1.807) is 35.7 Å². The second-order valence-corrected chi connectivity index (χ2v) is 9.13. The lowest BCUT2D eigenvalue weighted by molar-refractivity contribution is -0.116. The van der Waals surface area contributed by atoms with Crippen molar-refractivity contribution in [2.75, 3.05) is 38.0 Å². The maximum Gasteiger partial charge on any atom is 0.251 e. The quantitative estimate of drug-likeness (QED) is 0.509. The first-order valence-electron chi connectivity index (χ1n) is 11.0. The van der Waals surface area contributed by atoms with Crippen LogP contribution in [0.15, 0.2) is 60.0 Å². The van der Waals surface area contributed by atoms with Gasteiger partial charge >= 0.3 is 0 Å². The standard InChI is InChI=1S/C25H26F2N4O2S/c26-19-5-1-17(2-6-19)23(18-3-7-20(27)8-4-18)31-14-12-30(13-15-31)11-9-22(32)29-25-21(24(28)33)10-16-34-25/h1-8,10,16,23H,9,11-15H2,(H2,28,33)(H,29,32). The number of benzene rings is 2. The molecule has 1 aromatic heterocycles. The number of piperazine rings is 1. The summed E-state index contributed by atoms with van der Waals surface area (Å²) in [4.78, 5) is 28.3. The summed E-state index contributed by atoms with van der Waals surface area (Å²) < 4.78 is 27.0. The van der Waals surface area contributed by atoms with Gasteiger partial charge in [0.2, 0.25) is 5.91 Å². The van der Waals surface area contributed by atoms with E-state index in [2.05, 4.69) is 15.1 Å². The van der Waals surface area contributed by atoms with Crippen LogP contribution < -0.4 is 11.1 Å². The smallest absolute Gasteiger partial charge is 0.251 e. The number of hydrogen-bond acceptors (Lipinski definition) is 5. The maximum absolute atomic E-state index is 13.5. The number of thiophene rings is 1. The lowest BCUT2D eigenvalue weighted by Crippen LogP contribution is -2.48. The Labute approximate surface area is 201 Å². The molecule has 34 heavy (non-hydrogen) atoms. The van der Waals surface area contributed by atoms with Crippen molar-refractivity contribution in [3.8, 4) is 0 Å². The van der Waals surface area contributed by atoms with Gasteiger partial charge in [0.1, 0.15) is 16.6 Å². The van der Waals surface area contributed by atoms with Gasteiger partial charge in [-0.15, -0.1) is 11.3 Å². The minimum Gasteiger partial charge on any atom is -0.366 e. The molecule has 1 fully saturated rings. The molecule has 9 heteroatoms. The summed E-state index contributed by atoms with van der Waals surface area (Å²) >= 11 is 1.27. The summed E-state index contributed by atoms with van der Waals surface area (Å²) in [5.41, 5.74) is 7.54. The molecule has 2 amide bonds. The highest BCUT2D eigenvalue weighted by molar-refractivity contribution is 7.14. The Hall–Kier alpha value is -3.14. The van der Waals surface area contributed by atoms with Crippen molar-refractivity contribution in [3.05, 3.63) is 88.3 Å². The van der Waals surface area contributed by atoms with Crippen molar-refractivity contribution >= 4 is 28.2 Å². The first-order valence-corrected chi connectivity index (χ1v) is 11.9. The molecule has 0 radical (unpaired) electrons. The molecule has 0 spiro atoms. The fourth-order valence-corrected chi connectivity index (χ4v) is 5.01. The zero-order valence-electron chi connectivity index (χ0n) is 18.5. The van der Waals surface area contributed by atoms with E-state index in [0.717, 1.165) is 37.3 Å². The van der Waals surface area contributed by atoms with Gasteiger partial charge in [-0.05, 0) is 46.8 Å². The molecular formula is C25H26F2N4O2S. The van der Waals surface area contributed by atoms with Crippen LogP contribution in [-0.4, -0.2) is 54.3 Å². The molecular weight excluding hydrogens is 458 g/mol. The van der Waals surface area contributed by atoms with Crippen molar-refractivity contribution in [1.82, 2.24) is 9.80 Å². The molecule has 0 atom stereocenters. The summed E-state index contributed by atoms with van der Waals surface area (Å²) in [6, 6.07) is 14.3. The summed E-state index contributed by atoms with van der Waals surface area (Å²) in [6.45, 7) is 3.61. The van der Waals surface area contributed by atoms with Gasteiger partial charge < -0.3 is 16.0 Å². The van der Waals surface area contributed by atoms with Crippen molar-refractivity contribution in [1.29, 1.82) is 0 Å². The number of amides is 2. The third-order valence-electron chi connectivity index (χ3n) is 5.98. The second-order valence-electron chi connectivity index (χ2n) is 8.21. The summed E-state index contributed by atoms with van der Waals surface area (Å²) in [5.74, 6) is -1.32. The Morgan fingerprint density at radius 3 is 2.00 bits per heavy atom. The van der Waals surface area contributed by atoms with Crippen LogP contribution in [0, 0.1) is 11.6 Å². The van der Waals surface area contributed by atoms with E-state index in [-0.39, 0.29) is 23.6 Å². The molecule has 0 saturated carbocycles. The van der Waals surface area contributed by atoms with Crippen molar-refractivity contribution < 1.29 is 18.4 Å². The number of nitrogens with one attached hydrogen (secondary N) is 1. The molecule has 1 saturated heterocycles. The van der Waals surface area contributed by atoms with E-state index in [1.807, 2.05) is 0 Å². The van der Waals surface area contributed by atoms with Crippen LogP contribution in [0.4, 0.5) is 13.8 Å². The number of carbonyl (C=O) groups is 2. The predicted molar refractivity (Wildman–Crippen MR) is 129 cm³/mol. The zero-order valence-corrected chi connectivity index (χ0v) is 19.4. The summed E-state index contributed by atoms with van der Waals surface area (Å²) in [7, 11) is 0. The van der Waals surface area contributed by atoms with Crippen molar-refractivity contribution in [2.45, 2.75) is 12.5 Å². The Balaban J connectivity index is 1.35.